The standard InChI is InChI=1S/C20H18O4/c21-18-11-6-7-12(18)16-15(11)13-8-14(17(16)19(13)22)20(23)24-9-10-4-2-1-3-5-10/h1-7,11-17H,8-9H2. The van der Waals surface area contributed by atoms with E-state index in [0.717, 1.165) is 5.56 Å². The van der Waals surface area contributed by atoms with Crippen LogP contribution in [0.25, 0.3) is 0 Å². The molecule has 0 amide bonds. The minimum absolute atomic E-state index is 0.0352. The fourth-order valence-corrected chi connectivity index (χ4v) is 5.61. The van der Waals surface area contributed by atoms with Crippen LogP contribution in [0, 0.1) is 41.4 Å². The van der Waals surface area contributed by atoms with Gasteiger partial charge >= 0.3 is 5.97 Å². The van der Waals surface area contributed by atoms with E-state index in [9.17, 15) is 14.4 Å². The Morgan fingerprint density at radius 1 is 1.00 bits per heavy atom. The third-order valence-corrected chi connectivity index (χ3v) is 6.50. The van der Waals surface area contributed by atoms with Crippen molar-refractivity contribution in [3.8, 4) is 0 Å². The highest BCUT2D eigenvalue weighted by Gasteiger charge is 2.69. The first kappa shape index (κ1) is 14.1. The van der Waals surface area contributed by atoms with Gasteiger partial charge in [0.1, 0.15) is 18.2 Å². The molecule has 4 nitrogen and oxygen atoms in total. The molecule has 3 saturated carbocycles. The number of Topliss-reactive ketones (excluding diaryl/α,β-unsaturated/α-hetero) is 2. The minimum Gasteiger partial charge on any atom is -0.461 e. The highest BCUT2D eigenvalue weighted by Crippen LogP contribution is 2.64. The van der Waals surface area contributed by atoms with Gasteiger partial charge in [0, 0.05) is 23.7 Å². The molecule has 24 heavy (non-hydrogen) atoms. The molecule has 0 radical (unpaired) electrons. The van der Waals surface area contributed by atoms with Crippen LogP contribution >= 0.6 is 0 Å². The lowest BCUT2D eigenvalue weighted by Gasteiger charge is -2.33. The summed E-state index contributed by atoms with van der Waals surface area (Å²) in [5.74, 6) is -0.695. The quantitative estimate of drug-likeness (QED) is 0.486. The van der Waals surface area contributed by atoms with Crippen LogP contribution < -0.4 is 0 Å². The maximum absolute atomic E-state index is 12.6. The molecule has 0 spiro atoms. The number of hydrogen-bond donors (Lipinski definition) is 0. The monoisotopic (exact) mass is 322 g/mol. The second kappa shape index (κ2) is 4.88. The number of esters is 1. The van der Waals surface area contributed by atoms with Gasteiger partial charge in [-0.3, -0.25) is 14.4 Å². The molecular weight excluding hydrogens is 304 g/mol. The lowest BCUT2D eigenvalue weighted by molar-refractivity contribution is -0.154. The summed E-state index contributed by atoms with van der Waals surface area (Å²) in [6.45, 7) is 0.237. The molecule has 122 valence electrons. The van der Waals surface area contributed by atoms with Gasteiger partial charge in [0.25, 0.3) is 0 Å². The SMILES string of the molecule is O=C1C2C=CC1C1C3C(=O)C(CC3C(=O)OCc3ccccc3)C21. The first-order valence-electron chi connectivity index (χ1n) is 8.63. The Hall–Kier alpha value is -2.23. The van der Waals surface area contributed by atoms with Gasteiger partial charge in [-0.1, -0.05) is 42.5 Å². The van der Waals surface area contributed by atoms with Gasteiger partial charge in [-0.25, -0.2) is 0 Å². The van der Waals surface area contributed by atoms with E-state index in [1.54, 1.807) is 0 Å². The average Bonchev–Trinajstić information content (AvgIpc) is 3.30. The van der Waals surface area contributed by atoms with E-state index in [4.69, 9.17) is 4.74 Å². The molecule has 0 aromatic heterocycles. The van der Waals surface area contributed by atoms with Gasteiger partial charge in [0.05, 0.1) is 5.92 Å². The number of carbonyl (C=O) groups excluding carboxylic acids is 3. The van der Waals surface area contributed by atoms with Crippen molar-refractivity contribution in [2.45, 2.75) is 13.0 Å². The first-order chi connectivity index (χ1) is 11.7. The average molecular weight is 322 g/mol. The maximum atomic E-state index is 12.6. The summed E-state index contributed by atoms with van der Waals surface area (Å²) in [6.07, 6.45) is 4.49. The molecule has 1 aromatic carbocycles. The van der Waals surface area contributed by atoms with Crippen molar-refractivity contribution < 1.29 is 19.1 Å². The van der Waals surface area contributed by atoms with Crippen LogP contribution in [0.2, 0.25) is 0 Å². The Morgan fingerprint density at radius 2 is 1.71 bits per heavy atom. The molecule has 0 saturated heterocycles. The van der Waals surface area contributed by atoms with Crippen molar-refractivity contribution in [1.82, 2.24) is 0 Å². The zero-order valence-corrected chi connectivity index (χ0v) is 13.1. The summed E-state index contributed by atoms with van der Waals surface area (Å²) < 4.78 is 5.47. The lowest BCUT2D eigenvalue weighted by atomic mass is 9.69. The van der Waals surface area contributed by atoms with Gasteiger partial charge < -0.3 is 4.74 Å². The normalized spacial score (nSPS) is 41.1. The van der Waals surface area contributed by atoms with Crippen LogP contribution in [0.5, 0.6) is 0 Å². The summed E-state index contributed by atoms with van der Waals surface area (Å²) in [6, 6.07) is 9.55. The summed E-state index contributed by atoms with van der Waals surface area (Å²) in [5, 5.41) is 0. The van der Waals surface area contributed by atoms with Crippen LogP contribution in [-0.4, -0.2) is 17.5 Å². The van der Waals surface area contributed by atoms with Crippen LogP contribution in [0.4, 0.5) is 0 Å². The number of hydrogen-bond acceptors (Lipinski definition) is 4. The Balaban J connectivity index is 1.34. The topological polar surface area (TPSA) is 60.4 Å². The smallest absolute Gasteiger partial charge is 0.310 e. The number of allylic oxidation sites excluding steroid dienone is 2. The largest absolute Gasteiger partial charge is 0.461 e. The van der Waals surface area contributed by atoms with Crippen molar-refractivity contribution >= 4 is 17.5 Å². The number of rotatable bonds is 3. The predicted octanol–water partition coefficient (Wildman–Crippen LogP) is 2.18. The first-order valence-corrected chi connectivity index (χ1v) is 8.63. The molecule has 1 aromatic rings. The lowest BCUT2D eigenvalue weighted by Crippen LogP contribution is -2.35. The highest BCUT2D eigenvalue weighted by atomic mass is 16.5. The minimum atomic E-state index is -0.368. The van der Waals surface area contributed by atoms with Crippen molar-refractivity contribution in [3.63, 3.8) is 0 Å². The van der Waals surface area contributed by atoms with Crippen molar-refractivity contribution in [3.05, 3.63) is 48.0 Å². The number of ketones is 2. The molecule has 4 bridgehead atoms. The van der Waals surface area contributed by atoms with Gasteiger partial charge in [0.15, 0.2) is 0 Å². The van der Waals surface area contributed by atoms with Gasteiger partial charge in [0.2, 0.25) is 0 Å². The molecule has 7 unspecified atom stereocenters. The summed E-state index contributed by atoms with van der Waals surface area (Å²) in [7, 11) is 0. The molecular formula is C20H18O4. The van der Waals surface area contributed by atoms with E-state index < -0.39 is 0 Å². The highest BCUT2D eigenvalue weighted by molar-refractivity contribution is 6.01. The third kappa shape index (κ3) is 1.71. The molecule has 0 N–H and O–H groups in total. The molecule has 0 heterocycles. The van der Waals surface area contributed by atoms with Gasteiger partial charge in [-0.05, 0) is 23.8 Å². The van der Waals surface area contributed by atoms with Crippen molar-refractivity contribution in [2.24, 2.45) is 41.4 Å². The number of carbonyl (C=O) groups is 3. The summed E-state index contributed by atoms with van der Waals surface area (Å²) >= 11 is 0. The second-order valence-electron chi connectivity index (χ2n) is 7.46. The van der Waals surface area contributed by atoms with Crippen LogP contribution in [-0.2, 0) is 25.7 Å². The van der Waals surface area contributed by atoms with Crippen LogP contribution in [0.1, 0.15) is 12.0 Å². The molecule has 0 aliphatic heterocycles. The molecule has 3 fully saturated rings. The molecule has 4 aliphatic carbocycles. The van der Waals surface area contributed by atoms with E-state index in [1.807, 2.05) is 42.5 Å². The Bertz CT molecular complexity index is 765. The number of fused-ring (bicyclic) bond motifs is 9. The fraction of sp³-hybridized carbons (Fsp3) is 0.450. The van der Waals surface area contributed by atoms with Crippen molar-refractivity contribution in [2.75, 3.05) is 0 Å². The molecule has 7 atom stereocenters. The Morgan fingerprint density at radius 3 is 2.46 bits per heavy atom. The zero-order valence-electron chi connectivity index (χ0n) is 13.1. The van der Waals surface area contributed by atoms with E-state index in [0.29, 0.717) is 6.42 Å². The van der Waals surface area contributed by atoms with E-state index in [-0.39, 0.29) is 65.6 Å². The van der Waals surface area contributed by atoms with E-state index in [1.165, 1.54) is 0 Å². The van der Waals surface area contributed by atoms with Crippen LogP contribution in [0.15, 0.2) is 42.5 Å². The van der Waals surface area contributed by atoms with E-state index >= 15 is 0 Å². The molecule has 4 aliphatic rings. The van der Waals surface area contributed by atoms with Crippen molar-refractivity contribution in [1.29, 1.82) is 0 Å². The fourth-order valence-electron chi connectivity index (χ4n) is 5.61. The molecule has 4 heteroatoms. The zero-order chi connectivity index (χ0) is 16.4. The Labute approximate surface area is 139 Å². The number of ether oxygens (including phenoxy) is 1. The Kier molecular flexibility index (Phi) is 2.88. The molecule has 5 rings (SSSR count). The van der Waals surface area contributed by atoms with Crippen LogP contribution in [0.3, 0.4) is 0 Å². The van der Waals surface area contributed by atoms with E-state index in [2.05, 4.69) is 0 Å². The van der Waals surface area contributed by atoms with Gasteiger partial charge in [-0.15, -0.1) is 0 Å². The maximum Gasteiger partial charge on any atom is 0.310 e. The predicted molar refractivity (Wildman–Crippen MR) is 84.4 cm³/mol. The second-order valence-corrected chi connectivity index (χ2v) is 7.46. The number of benzene rings is 1. The summed E-state index contributed by atoms with van der Waals surface area (Å²) in [4.78, 5) is 37.5. The third-order valence-electron chi connectivity index (χ3n) is 6.50. The summed E-state index contributed by atoms with van der Waals surface area (Å²) in [5.41, 5.74) is 0.941. The van der Waals surface area contributed by atoms with Gasteiger partial charge in [-0.2, -0.15) is 0 Å².